The molecule has 0 bridgehead atoms. The Bertz CT molecular complexity index is 698. The van der Waals surface area contributed by atoms with Crippen molar-refractivity contribution in [1.29, 1.82) is 0 Å². The van der Waals surface area contributed by atoms with Crippen LogP contribution in [0.2, 0.25) is 5.02 Å². The van der Waals surface area contributed by atoms with E-state index in [0.717, 1.165) is 17.7 Å². The predicted molar refractivity (Wildman–Crippen MR) is 87.7 cm³/mol. The molecule has 6 heteroatoms. The van der Waals surface area contributed by atoms with Crippen LogP contribution in [0.25, 0.3) is 0 Å². The summed E-state index contributed by atoms with van der Waals surface area (Å²) in [4.78, 5) is 13.7. The van der Waals surface area contributed by atoms with Gasteiger partial charge in [-0.25, -0.2) is 0 Å². The van der Waals surface area contributed by atoms with Crippen molar-refractivity contribution in [3.8, 4) is 0 Å². The normalized spacial score (nSPS) is 11.4. The third-order valence-corrected chi connectivity index (χ3v) is 4.06. The summed E-state index contributed by atoms with van der Waals surface area (Å²) in [7, 11) is 1.63. The number of aryl methyl sites for hydroxylation is 1. The van der Waals surface area contributed by atoms with Crippen molar-refractivity contribution in [2.24, 2.45) is 0 Å². The molecule has 24 heavy (non-hydrogen) atoms. The summed E-state index contributed by atoms with van der Waals surface area (Å²) >= 11 is 6.05. The van der Waals surface area contributed by atoms with Gasteiger partial charge in [0.05, 0.1) is 5.56 Å². The topological polar surface area (TPSA) is 20.3 Å². The average Bonchev–Trinajstić information content (AvgIpc) is 2.53. The molecule has 0 atom stereocenters. The van der Waals surface area contributed by atoms with Gasteiger partial charge < -0.3 is 4.90 Å². The molecule has 0 spiro atoms. The van der Waals surface area contributed by atoms with E-state index in [1.807, 2.05) is 18.2 Å². The fraction of sp³-hybridized carbons (Fsp3) is 0.278. The second-order valence-electron chi connectivity index (χ2n) is 5.54. The van der Waals surface area contributed by atoms with E-state index in [1.54, 1.807) is 13.1 Å². The summed E-state index contributed by atoms with van der Waals surface area (Å²) < 4.78 is 37.6. The lowest BCUT2D eigenvalue weighted by molar-refractivity contribution is -0.137. The molecule has 0 unspecified atom stereocenters. The number of carbonyl (C=O) groups is 1. The zero-order chi connectivity index (χ0) is 17.7. The second-order valence-corrected chi connectivity index (χ2v) is 5.94. The number of carbonyl (C=O) groups excluding carboxylic acids is 1. The lowest BCUT2D eigenvalue weighted by Crippen LogP contribution is -2.26. The Hall–Kier alpha value is -2.01. The zero-order valence-corrected chi connectivity index (χ0v) is 13.9. The van der Waals surface area contributed by atoms with E-state index >= 15 is 0 Å². The Morgan fingerprint density at radius 1 is 1.08 bits per heavy atom. The third kappa shape index (κ3) is 4.99. The maximum absolute atomic E-state index is 12.5. The molecule has 0 aliphatic carbocycles. The molecular formula is C18H17ClF3NO. The highest BCUT2D eigenvalue weighted by atomic mass is 35.5. The van der Waals surface area contributed by atoms with Gasteiger partial charge in [-0.2, -0.15) is 13.2 Å². The first kappa shape index (κ1) is 18.3. The van der Waals surface area contributed by atoms with Crippen LogP contribution < -0.4 is 0 Å². The number of amides is 1. The average molecular weight is 356 g/mol. The van der Waals surface area contributed by atoms with E-state index in [9.17, 15) is 18.0 Å². The van der Waals surface area contributed by atoms with Gasteiger partial charge in [-0.1, -0.05) is 41.9 Å². The molecule has 0 fully saturated rings. The standard InChI is InChI=1S/C18H17ClF3NO/c1-23(12-13-6-9-15(10-7-13)18(20,21)22)17(24)11-8-14-4-2-3-5-16(14)19/h2-7,9-10H,8,11-12H2,1H3. The van der Waals surface area contributed by atoms with Crippen LogP contribution in [0.3, 0.4) is 0 Å². The van der Waals surface area contributed by atoms with E-state index in [-0.39, 0.29) is 12.5 Å². The van der Waals surface area contributed by atoms with Crippen molar-refractivity contribution >= 4 is 17.5 Å². The fourth-order valence-corrected chi connectivity index (χ4v) is 2.53. The smallest absolute Gasteiger partial charge is 0.341 e. The van der Waals surface area contributed by atoms with E-state index in [2.05, 4.69) is 0 Å². The van der Waals surface area contributed by atoms with Gasteiger partial charge in [-0.05, 0) is 35.7 Å². The number of nitrogens with zero attached hydrogens (tertiary/aromatic N) is 1. The summed E-state index contributed by atoms with van der Waals surface area (Å²) in [6.45, 7) is 0.263. The minimum atomic E-state index is -4.35. The Labute approximate surface area is 143 Å². The summed E-state index contributed by atoms with van der Waals surface area (Å²) in [5.41, 5.74) is 0.853. The number of rotatable bonds is 5. The molecule has 0 aliphatic heterocycles. The van der Waals surface area contributed by atoms with Crippen LogP contribution in [0, 0.1) is 0 Å². The van der Waals surface area contributed by atoms with Gasteiger partial charge in [-0.15, -0.1) is 0 Å². The largest absolute Gasteiger partial charge is 0.416 e. The quantitative estimate of drug-likeness (QED) is 0.743. The van der Waals surface area contributed by atoms with Gasteiger partial charge in [0.15, 0.2) is 0 Å². The van der Waals surface area contributed by atoms with Crippen LogP contribution in [0.4, 0.5) is 13.2 Å². The summed E-state index contributed by atoms with van der Waals surface area (Å²) in [5.74, 6) is -0.0881. The van der Waals surface area contributed by atoms with Crippen LogP contribution in [-0.4, -0.2) is 17.9 Å². The van der Waals surface area contributed by atoms with Gasteiger partial charge in [-0.3, -0.25) is 4.79 Å². The Kier molecular flexibility index (Phi) is 5.89. The Morgan fingerprint density at radius 2 is 1.71 bits per heavy atom. The van der Waals surface area contributed by atoms with Crippen molar-refractivity contribution in [1.82, 2.24) is 4.90 Å². The summed E-state index contributed by atoms with van der Waals surface area (Å²) in [6, 6.07) is 12.1. The number of alkyl halides is 3. The first-order valence-corrected chi connectivity index (χ1v) is 7.78. The molecule has 0 saturated carbocycles. The van der Waals surface area contributed by atoms with Crippen molar-refractivity contribution in [2.75, 3.05) is 7.05 Å². The molecule has 0 N–H and O–H groups in total. The van der Waals surface area contributed by atoms with E-state index in [1.165, 1.54) is 17.0 Å². The van der Waals surface area contributed by atoms with Crippen LogP contribution >= 0.6 is 11.6 Å². The molecule has 2 aromatic rings. The molecule has 2 aromatic carbocycles. The van der Waals surface area contributed by atoms with E-state index < -0.39 is 11.7 Å². The Balaban J connectivity index is 1.91. The predicted octanol–water partition coefficient (Wildman–Crippen LogP) is 4.95. The first-order chi connectivity index (χ1) is 11.3. The van der Waals surface area contributed by atoms with Gasteiger partial charge in [0.1, 0.15) is 0 Å². The van der Waals surface area contributed by atoms with Gasteiger partial charge >= 0.3 is 6.18 Å². The van der Waals surface area contributed by atoms with E-state index in [4.69, 9.17) is 11.6 Å². The summed E-state index contributed by atoms with van der Waals surface area (Å²) in [5, 5.41) is 0.621. The molecule has 0 heterocycles. The first-order valence-electron chi connectivity index (χ1n) is 7.41. The molecular weight excluding hydrogens is 339 g/mol. The van der Waals surface area contributed by atoms with Crippen molar-refractivity contribution in [2.45, 2.75) is 25.6 Å². The number of benzene rings is 2. The highest BCUT2D eigenvalue weighted by molar-refractivity contribution is 6.31. The van der Waals surface area contributed by atoms with Crippen molar-refractivity contribution < 1.29 is 18.0 Å². The monoisotopic (exact) mass is 355 g/mol. The van der Waals surface area contributed by atoms with Gasteiger partial charge in [0.2, 0.25) is 5.91 Å². The highest BCUT2D eigenvalue weighted by Gasteiger charge is 2.29. The molecule has 0 radical (unpaired) electrons. The minimum Gasteiger partial charge on any atom is -0.341 e. The highest BCUT2D eigenvalue weighted by Crippen LogP contribution is 2.29. The second kappa shape index (κ2) is 7.71. The fourth-order valence-electron chi connectivity index (χ4n) is 2.29. The lowest BCUT2D eigenvalue weighted by atomic mass is 10.1. The molecule has 0 aromatic heterocycles. The molecule has 128 valence electrons. The molecule has 0 saturated heterocycles. The maximum Gasteiger partial charge on any atom is 0.416 e. The van der Waals surface area contributed by atoms with E-state index in [0.29, 0.717) is 23.4 Å². The zero-order valence-electron chi connectivity index (χ0n) is 13.1. The van der Waals surface area contributed by atoms with Gasteiger partial charge in [0, 0.05) is 25.0 Å². The van der Waals surface area contributed by atoms with Crippen LogP contribution in [-0.2, 0) is 23.9 Å². The van der Waals surface area contributed by atoms with Crippen LogP contribution in [0.15, 0.2) is 48.5 Å². The molecule has 1 amide bonds. The maximum atomic E-state index is 12.5. The van der Waals surface area contributed by atoms with Crippen LogP contribution in [0.5, 0.6) is 0 Å². The number of hydrogen-bond acceptors (Lipinski definition) is 1. The van der Waals surface area contributed by atoms with Gasteiger partial charge in [0.25, 0.3) is 0 Å². The van der Waals surface area contributed by atoms with Crippen molar-refractivity contribution in [3.63, 3.8) is 0 Å². The molecule has 2 rings (SSSR count). The third-order valence-electron chi connectivity index (χ3n) is 3.69. The number of hydrogen-bond donors (Lipinski definition) is 0. The summed E-state index contributed by atoms with van der Waals surface area (Å²) in [6.07, 6.45) is -3.54. The molecule has 2 nitrogen and oxygen atoms in total. The van der Waals surface area contributed by atoms with Crippen molar-refractivity contribution in [3.05, 3.63) is 70.2 Å². The number of halogens is 4. The lowest BCUT2D eigenvalue weighted by Gasteiger charge is -2.18. The molecule has 0 aliphatic rings. The Morgan fingerprint density at radius 3 is 2.29 bits per heavy atom. The minimum absolute atomic E-state index is 0.0881. The SMILES string of the molecule is CN(Cc1ccc(C(F)(F)F)cc1)C(=O)CCc1ccccc1Cl. The van der Waals surface area contributed by atoms with Crippen LogP contribution in [0.1, 0.15) is 23.1 Å².